The van der Waals surface area contributed by atoms with E-state index >= 15 is 0 Å². The van der Waals surface area contributed by atoms with Crippen molar-refractivity contribution < 1.29 is 19.7 Å². The molecule has 1 aliphatic heterocycles. The third kappa shape index (κ3) is 4.15. The maximum absolute atomic E-state index is 13.7. The van der Waals surface area contributed by atoms with Gasteiger partial charge in [0.1, 0.15) is 0 Å². The Kier molecular flexibility index (Phi) is 7.51. The van der Waals surface area contributed by atoms with Crippen LogP contribution in [0.1, 0.15) is 134 Å². The predicted octanol–water partition coefficient (Wildman–Crippen LogP) is 7.72. The van der Waals surface area contributed by atoms with E-state index in [2.05, 4.69) is 67.2 Å². The van der Waals surface area contributed by atoms with Gasteiger partial charge >= 0.3 is 0 Å². The highest BCUT2D eigenvalue weighted by Gasteiger charge is 2.87. The highest BCUT2D eigenvalue weighted by molar-refractivity contribution is 5.81. The first kappa shape index (κ1) is 33.3. The van der Waals surface area contributed by atoms with Crippen LogP contribution in [-0.2, 0) is 9.53 Å². The summed E-state index contributed by atoms with van der Waals surface area (Å²) in [4.78, 5) is 15.7. The van der Waals surface area contributed by atoms with Gasteiger partial charge in [0.25, 0.3) is 0 Å². The lowest BCUT2D eigenvalue weighted by Crippen LogP contribution is -2.59. The Balaban J connectivity index is 1.29. The number of fused-ring (bicyclic) bond motifs is 4. The summed E-state index contributed by atoms with van der Waals surface area (Å²) in [6, 6.07) is 0. The molecular formula is C39H67NO4. The van der Waals surface area contributed by atoms with Crippen LogP contribution in [0.3, 0.4) is 0 Å². The first-order valence-corrected chi connectivity index (χ1v) is 18.4. The second-order valence-electron chi connectivity index (χ2n) is 20.3. The fourth-order valence-electron chi connectivity index (χ4n) is 13.7. The molecule has 1 amide bonds. The van der Waals surface area contributed by atoms with Crippen LogP contribution in [0.5, 0.6) is 0 Å². The van der Waals surface area contributed by atoms with Crippen LogP contribution in [0.2, 0.25) is 0 Å². The Morgan fingerprint density at radius 1 is 0.886 bits per heavy atom. The van der Waals surface area contributed by atoms with Crippen LogP contribution < -0.4 is 0 Å². The van der Waals surface area contributed by atoms with Crippen molar-refractivity contribution in [2.24, 2.45) is 67.5 Å². The summed E-state index contributed by atoms with van der Waals surface area (Å²) in [6.07, 6.45) is 7.83. The largest absolute Gasteiger partial charge is 0.393 e. The average Bonchev–Trinajstić information content (AvgIpc) is 3.38. The Hall–Kier alpha value is -0.650. The molecule has 6 rings (SSSR count). The maximum atomic E-state index is 13.7. The van der Waals surface area contributed by atoms with Gasteiger partial charge in [-0.25, -0.2) is 0 Å². The van der Waals surface area contributed by atoms with Gasteiger partial charge in [0.05, 0.1) is 24.4 Å². The van der Waals surface area contributed by atoms with Gasteiger partial charge in [-0.3, -0.25) is 4.79 Å². The van der Waals surface area contributed by atoms with Gasteiger partial charge in [-0.2, -0.15) is 0 Å². The molecule has 13 atom stereocenters. The number of carbonyl (C=O) groups excluding carboxylic acids is 1. The molecule has 5 saturated carbocycles. The summed E-state index contributed by atoms with van der Waals surface area (Å²) in [5, 5.41) is 23.7. The topological polar surface area (TPSA) is 70.0 Å². The van der Waals surface area contributed by atoms with Gasteiger partial charge in [0.15, 0.2) is 0 Å². The van der Waals surface area contributed by atoms with Gasteiger partial charge in [-0.05, 0) is 108 Å². The lowest BCUT2D eigenvalue weighted by Gasteiger charge is -2.63. The second kappa shape index (κ2) is 9.94. The molecule has 6 fully saturated rings. The van der Waals surface area contributed by atoms with Gasteiger partial charge in [-0.15, -0.1) is 0 Å². The van der Waals surface area contributed by atoms with Gasteiger partial charge < -0.3 is 19.8 Å². The van der Waals surface area contributed by atoms with Gasteiger partial charge in [0, 0.05) is 23.9 Å². The molecule has 13 unspecified atom stereocenters. The molecule has 2 spiro atoms. The zero-order valence-electron chi connectivity index (χ0n) is 30.4. The van der Waals surface area contributed by atoms with Crippen molar-refractivity contribution in [3.8, 4) is 0 Å². The molecule has 0 bridgehead atoms. The van der Waals surface area contributed by atoms with E-state index in [1.165, 1.54) is 19.3 Å². The highest BCUT2D eigenvalue weighted by atomic mass is 16.5. The van der Waals surface area contributed by atoms with E-state index in [-0.39, 0.29) is 51.3 Å². The van der Waals surface area contributed by atoms with E-state index in [9.17, 15) is 15.0 Å². The van der Waals surface area contributed by atoms with Gasteiger partial charge in [0.2, 0.25) is 5.91 Å². The lowest BCUT2D eigenvalue weighted by atomic mass is 9.41. The molecule has 6 aliphatic rings. The molecular weight excluding hydrogens is 546 g/mol. The van der Waals surface area contributed by atoms with Crippen molar-refractivity contribution in [3.63, 3.8) is 0 Å². The number of nitrogens with zero attached hydrogens (tertiary/aromatic N) is 1. The number of aliphatic hydroxyl groups is 2. The summed E-state index contributed by atoms with van der Waals surface area (Å²) in [5.74, 6) is 2.69. The minimum Gasteiger partial charge on any atom is -0.393 e. The standard InChI is InChI=1S/C39H67NO4/c1-23-21-25(22-40(20-19-33(3,4)5)32(43)34(6,7)8)44-30-29(23)36(11)17-18-39-24(2)38(39)16-15-28(41)35(9,10)26(38)13-14-27(39)37(36,12)31(30)42/h23-31,41-42H,13-22H2,1-12H3. The molecule has 1 saturated heterocycles. The van der Waals surface area contributed by atoms with E-state index in [1.807, 2.05) is 20.8 Å². The molecule has 44 heavy (non-hydrogen) atoms. The first-order valence-electron chi connectivity index (χ1n) is 18.4. The molecule has 0 radical (unpaired) electrons. The van der Waals surface area contributed by atoms with Crippen LogP contribution in [-0.4, -0.2) is 58.5 Å². The second-order valence-corrected chi connectivity index (χ2v) is 20.3. The SMILES string of the molecule is CC1CC(CN(CCC(C)(C)C)C(=O)C(C)(C)C)OC2C1C1(C)CCC34C(CCC5C(C)(C)C(O)CCC53C4C)C1(C)C2O. The quantitative estimate of drug-likeness (QED) is 0.341. The van der Waals surface area contributed by atoms with E-state index in [0.29, 0.717) is 41.5 Å². The number of ether oxygens (including phenoxy) is 1. The summed E-state index contributed by atoms with van der Waals surface area (Å²) < 4.78 is 7.07. The molecule has 0 aromatic heterocycles. The number of rotatable bonds is 4. The van der Waals surface area contributed by atoms with Crippen LogP contribution in [0.4, 0.5) is 0 Å². The number of aliphatic hydroxyl groups excluding tert-OH is 2. The van der Waals surface area contributed by atoms with Crippen molar-refractivity contribution in [1.82, 2.24) is 4.90 Å². The van der Waals surface area contributed by atoms with Crippen molar-refractivity contribution in [2.45, 2.75) is 159 Å². The fraction of sp³-hybridized carbons (Fsp3) is 0.974. The van der Waals surface area contributed by atoms with Crippen molar-refractivity contribution in [1.29, 1.82) is 0 Å². The van der Waals surface area contributed by atoms with Crippen molar-refractivity contribution in [3.05, 3.63) is 0 Å². The Morgan fingerprint density at radius 3 is 2.11 bits per heavy atom. The number of hydrogen-bond donors (Lipinski definition) is 2. The molecule has 252 valence electrons. The van der Waals surface area contributed by atoms with Crippen LogP contribution in [0.15, 0.2) is 0 Å². The number of carbonyl (C=O) groups is 1. The number of amides is 1. The molecule has 0 aromatic carbocycles. The number of hydrogen-bond acceptors (Lipinski definition) is 4. The van der Waals surface area contributed by atoms with Crippen molar-refractivity contribution >= 4 is 5.91 Å². The molecule has 5 heteroatoms. The van der Waals surface area contributed by atoms with E-state index < -0.39 is 11.5 Å². The molecule has 5 aliphatic carbocycles. The van der Waals surface area contributed by atoms with Gasteiger partial charge in [-0.1, -0.05) is 83.1 Å². The third-order valence-corrected chi connectivity index (χ3v) is 16.0. The summed E-state index contributed by atoms with van der Waals surface area (Å²) >= 11 is 0. The Labute approximate surface area is 269 Å². The summed E-state index contributed by atoms with van der Waals surface area (Å²) in [7, 11) is 0. The zero-order valence-corrected chi connectivity index (χ0v) is 30.4. The summed E-state index contributed by atoms with van der Waals surface area (Å²) in [5.41, 5.74) is 0.107. The van der Waals surface area contributed by atoms with E-state index in [0.717, 1.165) is 38.6 Å². The normalized spacial score (nSPS) is 50.9. The lowest BCUT2D eigenvalue weighted by molar-refractivity contribution is -0.182. The Bertz CT molecular complexity index is 1150. The predicted molar refractivity (Wildman–Crippen MR) is 177 cm³/mol. The minimum absolute atomic E-state index is 0.0323. The van der Waals surface area contributed by atoms with Crippen LogP contribution in [0.25, 0.3) is 0 Å². The Morgan fingerprint density at radius 2 is 1.50 bits per heavy atom. The van der Waals surface area contributed by atoms with E-state index in [1.54, 1.807) is 0 Å². The third-order valence-electron chi connectivity index (χ3n) is 16.0. The smallest absolute Gasteiger partial charge is 0.228 e. The monoisotopic (exact) mass is 614 g/mol. The summed E-state index contributed by atoms with van der Waals surface area (Å²) in [6.45, 7) is 28.8. The molecule has 1 heterocycles. The molecule has 2 N–H and O–H groups in total. The minimum atomic E-state index is -0.491. The molecule has 5 nitrogen and oxygen atoms in total. The zero-order chi connectivity index (χ0) is 32.6. The van der Waals surface area contributed by atoms with Crippen LogP contribution in [0, 0.1) is 67.5 Å². The molecule has 0 aromatic rings. The van der Waals surface area contributed by atoms with E-state index in [4.69, 9.17) is 4.74 Å². The fourth-order valence-corrected chi connectivity index (χ4v) is 13.7. The van der Waals surface area contributed by atoms with Crippen LogP contribution >= 0.6 is 0 Å². The highest BCUT2D eigenvalue weighted by Crippen LogP contribution is 2.91. The average molecular weight is 614 g/mol. The first-order chi connectivity index (χ1) is 20.1. The maximum Gasteiger partial charge on any atom is 0.228 e. The van der Waals surface area contributed by atoms with Crippen molar-refractivity contribution in [2.75, 3.05) is 13.1 Å².